The van der Waals surface area contributed by atoms with Crippen molar-refractivity contribution in [2.45, 2.75) is 18.2 Å². The first kappa shape index (κ1) is 16.3. The van der Waals surface area contributed by atoms with Crippen molar-refractivity contribution < 1.29 is 17.6 Å². The summed E-state index contributed by atoms with van der Waals surface area (Å²) < 4.78 is 31.5. The van der Waals surface area contributed by atoms with Crippen molar-refractivity contribution in [1.82, 2.24) is 10.0 Å². The molecule has 2 rings (SSSR count). The van der Waals surface area contributed by atoms with Gasteiger partial charge in [-0.25, -0.2) is 13.1 Å². The lowest BCUT2D eigenvalue weighted by molar-refractivity contribution is 0.0925. The topological polar surface area (TPSA) is 88.4 Å². The van der Waals surface area contributed by atoms with E-state index < -0.39 is 10.0 Å². The Morgan fingerprint density at radius 2 is 1.86 bits per heavy atom. The summed E-state index contributed by atoms with van der Waals surface area (Å²) in [5.41, 5.74) is 1.000. The van der Waals surface area contributed by atoms with Crippen molar-refractivity contribution in [1.29, 1.82) is 0 Å². The highest BCUT2D eigenvalue weighted by Gasteiger charge is 2.12. The maximum Gasteiger partial charge on any atom is 0.286 e. The van der Waals surface area contributed by atoms with Gasteiger partial charge < -0.3 is 9.73 Å². The summed E-state index contributed by atoms with van der Waals surface area (Å²) in [5, 5.41) is 2.65. The molecule has 1 aromatic heterocycles. The number of carbonyl (C=O) groups is 1. The first-order chi connectivity index (χ1) is 10.5. The molecule has 0 aliphatic rings. The van der Waals surface area contributed by atoms with Crippen molar-refractivity contribution in [2.75, 3.05) is 13.1 Å². The number of sulfonamides is 1. The van der Waals surface area contributed by atoms with Crippen LogP contribution in [0.2, 0.25) is 0 Å². The first-order valence-corrected chi connectivity index (χ1v) is 8.35. The summed E-state index contributed by atoms with van der Waals surface area (Å²) in [6.45, 7) is 2.50. The minimum atomic E-state index is -3.50. The van der Waals surface area contributed by atoms with Gasteiger partial charge in [0.1, 0.15) is 0 Å². The number of rotatable bonds is 7. The molecule has 6 nitrogen and oxygen atoms in total. The van der Waals surface area contributed by atoms with E-state index in [9.17, 15) is 13.2 Å². The number of nitrogens with one attached hydrogen (secondary N) is 2. The highest BCUT2D eigenvalue weighted by Crippen LogP contribution is 2.09. The molecular formula is C15H18N2O4S. The van der Waals surface area contributed by atoms with Crippen molar-refractivity contribution in [2.24, 2.45) is 0 Å². The van der Waals surface area contributed by atoms with Gasteiger partial charge in [0.25, 0.3) is 5.91 Å². The van der Waals surface area contributed by atoms with Crippen LogP contribution in [-0.2, 0) is 10.0 Å². The van der Waals surface area contributed by atoms with E-state index in [0.29, 0.717) is 13.0 Å². The minimum absolute atomic E-state index is 0.234. The van der Waals surface area contributed by atoms with Crippen LogP contribution in [0, 0.1) is 6.92 Å². The lowest BCUT2D eigenvalue weighted by Crippen LogP contribution is -2.29. The number of benzene rings is 1. The van der Waals surface area contributed by atoms with E-state index in [4.69, 9.17) is 4.42 Å². The summed E-state index contributed by atoms with van der Waals surface area (Å²) in [7, 11) is -3.50. The fraction of sp³-hybridized carbons (Fsp3) is 0.267. The van der Waals surface area contributed by atoms with Gasteiger partial charge in [-0.1, -0.05) is 17.7 Å². The second-order valence-electron chi connectivity index (χ2n) is 4.80. The third kappa shape index (κ3) is 4.44. The monoisotopic (exact) mass is 322 g/mol. The van der Waals surface area contributed by atoms with E-state index in [2.05, 4.69) is 10.0 Å². The second-order valence-corrected chi connectivity index (χ2v) is 6.56. The molecule has 0 atom stereocenters. The van der Waals surface area contributed by atoms with Gasteiger partial charge in [0, 0.05) is 13.1 Å². The molecule has 118 valence electrons. The maximum atomic E-state index is 12.0. The summed E-state index contributed by atoms with van der Waals surface area (Å²) in [6.07, 6.45) is 1.90. The van der Waals surface area contributed by atoms with Crippen LogP contribution in [0.4, 0.5) is 0 Å². The van der Waals surface area contributed by atoms with Crippen LogP contribution < -0.4 is 10.0 Å². The average Bonchev–Trinajstić information content (AvgIpc) is 3.01. The Hall–Kier alpha value is -2.12. The Labute approximate surface area is 129 Å². The Kier molecular flexibility index (Phi) is 5.35. The smallest absolute Gasteiger partial charge is 0.286 e. The highest BCUT2D eigenvalue weighted by atomic mass is 32.2. The van der Waals surface area contributed by atoms with Crippen molar-refractivity contribution in [3.8, 4) is 0 Å². The quantitative estimate of drug-likeness (QED) is 0.759. The zero-order valence-corrected chi connectivity index (χ0v) is 13.0. The van der Waals surface area contributed by atoms with Crippen LogP contribution in [0.15, 0.2) is 52.0 Å². The van der Waals surface area contributed by atoms with E-state index in [0.717, 1.165) is 5.56 Å². The summed E-state index contributed by atoms with van der Waals surface area (Å²) in [6, 6.07) is 9.82. The predicted octanol–water partition coefficient (Wildman–Crippen LogP) is 1.69. The molecule has 7 heteroatoms. The molecule has 1 amide bonds. The van der Waals surface area contributed by atoms with Crippen LogP contribution in [0.1, 0.15) is 22.5 Å². The van der Waals surface area contributed by atoms with Crippen LogP contribution in [0.25, 0.3) is 0 Å². The Balaban J connectivity index is 1.74. The zero-order chi connectivity index (χ0) is 16.0. The summed E-state index contributed by atoms with van der Waals surface area (Å²) in [5.74, 6) is -0.0772. The van der Waals surface area contributed by atoms with Crippen molar-refractivity contribution in [3.63, 3.8) is 0 Å². The molecule has 0 spiro atoms. The van der Waals surface area contributed by atoms with Gasteiger partial charge in [-0.15, -0.1) is 0 Å². The van der Waals surface area contributed by atoms with E-state index in [-0.39, 0.29) is 23.1 Å². The third-order valence-electron chi connectivity index (χ3n) is 3.01. The maximum absolute atomic E-state index is 12.0. The molecular weight excluding hydrogens is 304 g/mol. The van der Waals surface area contributed by atoms with E-state index in [1.807, 2.05) is 6.92 Å². The fourth-order valence-corrected chi connectivity index (χ4v) is 2.87. The largest absolute Gasteiger partial charge is 0.459 e. The van der Waals surface area contributed by atoms with Crippen molar-refractivity contribution >= 4 is 15.9 Å². The van der Waals surface area contributed by atoms with Crippen molar-refractivity contribution in [3.05, 3.63) is 54.0 Å². The molecule has 0 bridgehead atoms. The molecule has 1 heterocycles. The average molecular weight is 322 g/mol. The van der Waals surface area contributed by atoms with Gasteiger partial charge in [-0.05, 0) is 37.6 Å². The fourth-order valence-electron chi connectivity index (χ4n) is 1.79. The van der Waals surface area contributed by atoms with Gasteiger partial charge in [-0.3, -0.25) is 4.79 Å². The molecule has 0 aliphatic heterocycles. The van der Waals surface area contributed by atoms with Gasteiger partial charge in [0.05, 0.1) is 11.2 Å². The van der Waals surface area contributed by atoms with E-state index in [1.165, 1.54) is 6.26 Å². The van der Waals surface area contributed by atoms with Crippen LogP contribution in [0.3, 0.4) is 0 Å². The van der Waals surface area contributed by atoms with E-state index >= 15 is 0 Å². The number of carbonyl (C=O) groups excluding carboxylic acids is 1. The molecule has 0 saturated carbocycles. The number of hydrogen-bond donors (Lipinski definition) is 2. The Morgan fingerprint density at radius 3 is 2.50 bits per heavy atom. The number of aryl methyl sites for hydroxylation is 1. The standard InChI is InChI=1S/C15H18N2O4S/c1-12-5-7-13(8-6-12)22(19,20)17-10-3-9-16-15(18)14-4-2-11-21-14/h2,4-8,11,17H,3,9-10H2,1H3,(H,16,18). The molecule has 1 aromatic carbocycles. The molecule has 2 N–H and O–H groups in total. The van der Waals surface area contributed by atoms with Crippen LogP contribution in [0.5, 0.6) is 0 Å². The Bertz CT molecular complexity index is 707. The number of hydrogen-bond acceptors (Lipinski definition) is 4. The number of amides is 1. The summed E-state index contributed by atoms with van der Waals surface area (Å²) >= 11 is 0. The molecule has 0 fully saturated rings. The third-order valence-corrected chi connectivity index (χ3v) is 4.48. The van der Waals surface area contributed by atoms with Gasteiger partial charge in [0.2, 0.25) is 10.0 Å². The highest BCUT2D eigenvalue weighted by molar-refractivity contribution is 7.89. The molecule has 0 radical (unpaired) electrons. The van der Waals surface area contributed by atoms with Gasteiger partial charge in [0.15, 0.2) is 5.76 Å². The molecule has 2 aromatic rings. The lowest BCUT2D eigenvalue weighted by Gasteiger charge is -2.07. The second kappa shape index (κ2) is 7.24. The van der Waals surface area contributed by atoms with Gasteiger partial charge in [-0.2, -0.15) is 0 Å². The van der Waals surface area contributed by atoms with Gasteiger partial charge >= 0.3 is 0 Å². The summed E-state index contributed by atoms with van der Waals surface area (Å²) in [4.78, 5) is 11.8. The zero-order valence-electron chi connectivity index (χ0n) is 12.2. The predicted molar refractivity (Wildman–Crippen MR) is 82.0 cm³/mol. The SMILES string of the molecule is Cc1ccc(S(=O)(=O)NCCCNC(=O)c2ccco2)cc1. The first-order valence-electron chi connectivity index (χ1n) is 6.87. The molecule has 22 heavy (non-hydrogen) atoms. The normalized spacial score (nSPS) is 11.3. The number of furan rings is 1. The minimum Gasteiger partial charge on any atom is -0.459 e. The molecule has 0 saturated heterocycles. The van der Waals surface area contributed by atoms with E-state index in [1.54, 1.807) is 36.4 Å². The lowest BCUT2D eigenvalue weighted by atomic mass is 10.2. The molecule has 0 unspecified atom stereocenters. The van der Waals surface area contributed by atoms with Crippen LogP contribution >= 0.6 is 0 Å². The van der Waals surface area contributed by atoms with Crippen LogP contribution in [-0.4, -0.2) is 27.4 Å². The molecule has 0 aliphatic carbocycles. The Morgan fingerprint density at radius 1 is 1.14 bits per heavy atom.